The van der Waals surface area contributed by atoms with E-state index >= 15 is 0 Å². The highest BCUT2D eigenvalue weighted by Gasteiger charge is 2.25. The van der Waals surface area contributed by atoms with Gasteiger partial charge in [0.2, 0.25) is 5.91 Å². The molecule has 3 aromatic rings. The molecule has 5 rings (SSSR count). The fraction of sp³-hybridized carbons (Fsp3) is 0.400. The number of nitrogens with one attached hydrogen (secondary N) is 1. The minimum Gasteiger partial charge on any atom is -0.490 e. The molecular weight excluding hydrogens is 416 g/mol. The molecule has 0 spiro atoms. The van der Waals surface area contributed by atoms with Crippen LogP contribution in [-0.4, -0.2) is 49.9 Å². The van der Waals surface area contributed by atoms with Gasteiger partial charge in [0.05, 0.1) is 18.1 Å². The molecule has 0 radical (unpaired) electrons. The number of ether oxygens (including phenoxy) is 1. The van der Waals surface area contributed by atoms with E-state index < -0.39 is 0 Å². The van der Waals surface area contributed by atoms with E-state index in [0.29, 0.717) is 24.0 Å². The average Bonchev–Trinajstić information content (AvgIpc) is 3.23. The molecule has 4 heterocycles. The summed E-state index contributed by atoms with van der Waals surface area (Å²) in [6, 6.07) is 6.31. The van der Waals surface area contributed by atoms with Gasteiger partial charge < -0.3 is 15.0 Å². The zero-order valence-corrected chi connectivity index (χ0v) is 18.8. The Balaban J connectivity index is 1.12. The number of aryl methyl sites for hydroxylation is 1. The largest absolute Gasteiger partial charge is 0.490 e. The number of rotatable bonds is 6. The third-order valence-corrected chi connectivity index (χ3v) is 6.33. The lowest BCUT2D eigenvalue weighted by Crippen LogP contribution is -2.38. The zero-order chi connectivity index (χ0) is 22.6. The zero-order valence-electron chi connectivity index (χ0n) is 18.8. The fourth-order valence-electron chi connectivity index (χ4n) is 4.60. The van der Waals surface area contributed by atoms with E-state index in [2.05, 4.69) is 39.3 Å². The summed E-state index contributed by atoms with van der Waals surface area (Å²) >= 11 is 0. The maximum atomic E-state index is 12.8. The van der Waals surface area contributed by atoms with Crippen LogP contribution < -0.4 is 10.1 Å². The number of carbonyl (C=O) groups is 1. The van der Waals surface area contributed by atoms with Crippen LogP contribution in [0.1, 0.15) is 48.9 Å². The van der Waals surface area contributed by atoms with Crippen molar-refractivity contribution in [3.8, 4) is 5.75 Å². The van der Waals surface area contributed by atoms with Crippen LogP contribution >= 0.6 is 0 Å². The molecule has 2 aliphatic rings. The molecule has 0 bridgehead atoms. The van der Waals surface area contributed by atoms with Gasteiger partial charge in [-0.05, 0) is 43.4 Å². The molecular formula is C25H28N6O2. The summed E-state index contributed by atoms with van der Waals surface area (Å²) in [5.41, 5.74) is 3.41. The first kappa shape index (κ1) is 21.3. The molecule has 1 fully saturated rings. The van der Waals surface area contributed by atoms with E-state index in [-0.39, 0.29) is 12.0 Å². The molecule has 1 amide bonds. The smallest absolute Gasteiger partial charge is 0.222 e. The van der Waals surface area contributed by atoms with Crippen LogP contribution in [0.5, 0.6) is 5.75 Å². The van der Waals surface area contributed by atoms with Crippen LogP contribution in [0.25, 0.3) is 0 Å². The van der Waals surface area contributed by atoms with Crippen molar-refractivity contribution in [2.45, 2.75) is 51.0 Å². The predicted octanol–water partition coefficient (Wildman–Crippen LogP) is 3.67. The van der Waals surface area contributed by atoms with E-state index in [9.17, 15) is 4.79 Å². The van der Waals surface area contributed by atoms with Crippen LogP contribution in [0.4, 0.5) is 11.6 Å². The Kier molecular flexibility index (Phi) is 6.15. The van der Waals surface area contributed by atoms with Crippen molar-refractivity contribution in [1.29, 1.82) is 0 Å². The molecule has 1 atom stereocenters. The van der Waals surface area contributed by atoms with Crippen molar-refractivity contribution >= 4 is 17.5 Å². The molecule has 1 unspecified atom stereocenters. The van der Waals surface area contributed by atoms with Crippen molar-refractivity contribution in [2.24, 2.45) is 0 Å². The molecule has 170 valence electrons. The van der Waals surface area contributed by atoms with E-state index in [4.69, 9.17) is 9.72 Å². The molecule has 0 saturated carbocycles. The number of nitrogens with zero attached hydrogens (tertiary/aromatic N) is 5. The van der Waals surface area contributed by atoms with Gasteiger partial charge in [0.1, 0.15) is 23.5 Å². The second-order valence-electron chi connectivity index (χ2n) is 8.77. The Morgan fingerprint density at radius 1 is 1.12 bits per heavy atom. The van der Waals surface area contributed by atoms with Crippen molar-refractivity contribution in [3.05, 3.63) is 66.0 Å². The Morgan fingerprint density at radius 2 is 1.97 bits per heavy atom. The number of carbonyl (C=O) groups excluding carboxylic acids is 1. The lowest BCUT2D eigenvalue weighted by Gasteiger charge is -2.31. The number of hydrogen-bond donors (Lipinski definition) is 1. The summed E-state index contributed by atoms with van der Waals surface area (Å²) in [5.74, 6) is 2.79. The van der Waals surface area contributed by atoms with Crippen molar-refractivity contribution in [3.63, 3.8) is 0 Å². The third-order valence-electron chi connectivity index (χ3n) is 6.33. The Morgan fingerprint density at radius 3 is 2.79 bits per heavy atom. The van der Waals surface area contributed by atoms with Crippen LogP contribution in [0, 0.1) is 0 Å². The fourth-order valence-corrected chi connectivity index (χ4v) is 4.60. The Bertz CT molecular complexity index is 1110. The molecule has 1 saturated heterocycles. The normalized spacial score (nSPS) is 18.0. The molecule has 1 aromatic carbocycles. The summed E-state index contributed by atoms with van der Waals surface area (Å²) < 4.78 is 5.77. The van der Waals surface area contributed by atoms with Crippen LogP contribution in [0.2, 0.25) is 0 Å². The number of aromatic nitrogens is 4. The van der Waals surface area contributed by atoms with E-state index in [0.717, 1.165) is 50.2 Å². The van der Waals surface area contributed by atoms with Gasteiger partial charge in [0.25, 0.3) is 0 Å². The number of likely N-dealkylation sites (tertiary alicyclic amines) is 1. The summed E-state index contributed by atoms with van der Waals surface area (Å²) in [7, 11) is 0. The van der Waals surface area contributed by atoms with Gasteiger partial charge in [0, 0.05) is 50.4 Å². The SMILES string of the molecule is CC1Cc2cc(CCC(=O)N3CCC(c4cncc(Nc5cnccn5)n4)CC3)ccc2O1. The van der Waals surface area contributed by atoms with Crippen molar-refractivity contribution < 1.29 is 9.53 Å². The number of piperidine rings is 1. The van der Waals surface area contributed by atoms with E-state index in [1.807, 2.05) is 17.2 Å². The van der Waals surface area contributed by atoms with Crippen LogP contribution in [0.15, 0.2) is 49.2 Å². The first-order valence-corrected chi connectivity index (χ1v) is 11.6. The maximum Gasteiger partial charge on any atom is 0.222 e. The van der Waals surface area contributed by atoms with Gasteiger partial charge in [-0.1, -0.05) is 12.1 Å². The molecule has 2 aliphatic heterocycles. The molecule has 8 heteroatoms. The van der Waals surface area contributed by atoms with Gasteiger partial charge in [-0.3, -0.25) is 14.8 Å². The first-order valence-electron chi connectivity index (χ1n) is 11.6. The minimum absolute atomic E-state index is 0.225. The minimum atomic E-state index is 0.225. The molecule has 1 N–H and O–H groups in total. The Labute approximate surface area is 193 Å². The van der Waals surface area contributed by atoms with Gasteiger partial charge in [-0.15, -0.1) is 0 Å². The summed E-state index contributed by atoms with van der Waals surface area (Å²) in [4.78, 5) is 32.1. The lowest BCUT2D eigenvalue weighted by molar-refractivity contribution is -0.132. The molecule has 33 heavy (non-hydrogen) atoms. The average molecular weight is 445 g/mol. The standard InChI is InChI=1S/C25H28N6O2/c1-17-12-20-13-18(2-4-22(20)33-17)3-5-25(32)31-10-6-19(7-11-31)21-14-27-16-24(29-21)30-23-15-26-8-9-28-23/h2,4,8-9,13-17,19H,3,5-7,10-12H2,1H3,(H,28,29,30). The van der Waals surface area contributed by atoms with Gasteiger partial charge in [-0.2, -0.15) is 0 Å². The number of benzene rings is 1. The predicted molar refractivity (Wildman–Crippen MR) is 124 cm³/mol. The summed E-state index contributed by atoms with van der Waals surface area (Å²) in [6.07, 6.45) is 12.7. The third kappa shape index (κ3) is 5.10. The highest BCUT2D eigenvalue weighted by Crippen LogP contribution is 2.30. The number of amides is 1. The monoisotopic (exact) mass is 444 g/mol. The topological polar surface area (TPSA) is 93.1 Å². The quantitative estimate of drug-likeness (QED) is 0.620. The first-order chi connectivity index (χ1) is 16.1. The molecule has 2 aromatic heterocycles. The van der Waals surface area contributed by atoms with Gasteiger partial charge in [-0.25, -0.2) is 9.97 Å². The maximum absolute atomic E-state index is 12.8. The molecule has 8 nitrogen and oxygen atoms in total. The van der Waals surface area contributed by atoms with Gasteiger partial charge in [0.15, 0.2) is 0 Å². The van der Waals surface area contributed by atoms with Crippen molar-refractivity contribution in [2.75, 3.05) is 18.4 Å². The van der Waals surface area contributed by atoms with E-state index in [1.165, 1.54) is 11.1 Å². The summed E-state index contributed by atoms with van der Waals surface area (Å²) in [6.45, 7) is 3.59. The second kappa shape index (κ2) is 9.52. The highest BCUT2D eigenvalue weighted by molar-refractivity contribution is 5.76. The van der Waals surface area contributed by atoms with Crippen LogP contribution in [0.3, 0.4) is 0 Å². The number of anilines is 2. The molecule has 0 aliphatic carbocycles. The number of hydrogen-bond acceptors (Lipinski definition) is 7. The summed E-state index contributed by atoms with van der Waals surface area (Å²) in [5, 5.41) is 3.14. The van der Waals surface area contributed by atoms with E-state index in [1.54, 1.807) is 24.8 Å². The Hall–Kier alpha value is -3.55. The number of fused-ring (bicyclic) bond motifs is 1. The highest BCUT2D eigenvalue weighted by atomic mass is 16.5. The van der Waals surface area contributed by atoms with Gasteiger partial charge >= 0.3 is 0 Å². The lowest BCUT2D eigenvalue weighted by atomic mass is 9.93. The van der Waals surface area contributed by atoms with Crippen LogP contribution in [-0.2, 0) is 17.6 Å². The van der Waals surface area contributed by atoms with Crippen molar-refractivity contribution in [1.82, 2.24) is 24.8 Å². The second-order valence-corrected chi connectivity index (χ2v) is 8.77.